The zero-order valence-electron chi connectivity index (χ0n) is 13.6. The number of carbonyl (C=O) groups is 1. The molecule has 3 aromatic rings. The topological polar surface area (TPSA) is 58.2 Å². The lowest BCUT2D eigenvalue weighted by Crippen LogP contribution is -2.34. The summed E-state index contributed by atoms with van der Waals surface area (Å²) >= 11 is 5.86. The van der Waals surface area contributed by atoms with Crippen LogP contribution in [0.15, 0.2) is 48.5 Å². The molecule has 1 aliphatic rings. The van der Waals surface area contributed by atoms with Gasteiger partial charge < -0.3 is 14.6 Å². The lowest BCUT2D eigenvalue weighted by Gasteiger charge is -2.23. The predicted molar refractivity (Wildman–Crippen MR) is 96.7 cm³/mol. The molecular formula is C19H18ClN3O2. The minimum absolute atomic E-state index is 0.0123. The number of carbonyl (C=O) groups excluding carboxylic acids is 1. The summed E-state index contributed by atoms with van der Waals surface area (Å²) in [6, 6.07) is 14.9. The molecule has 1 amide bonds. The van der Waals surface area contributed by atoms with Crippen molar-refractivity contribution in [3.05, 3.63) is 59.4 Å². The summed E-state index contributed by atoms with van der Waals surface area (Å²) in [5, 5.41) is 0.642. The van der Waals surface area contributed by atoms with Crippen molar-refractivity contribution in [3.8, 4) is 5.75 Å². The average Bonchev–Trinajstić information content (AvgIpc) is 3.27. The number of fused-ring (bicyclic) bond motifs is 1. The number of aromatic amines is 1. The van der Waals surface area contributed by atoms with Crippen LogP contribution in [0.25, 0.3) is 11.0 Å². The maximum atomic E-state index is 12.6. The number of hydrogen-bond donors (Lipinski definition) is 1. The third-order valence-corrected chi connectivity index (χ3v) is 4.72. The number of halogens is 1. The first kappa shape index (κ1) is 16.0. The van der Waals surface area contributed by atoms with Crippen LogP contribution in [-0.4, -0.2) is 33.9 Å². The maximum Gasteiger partial charge on any atom is 0.261 e. The number of likely N-dealkylation sites (tertiary alicyclic amines) is 1. The Labute approximate surface area is 150 Å². The molecule has 1 saturated heterocycles. The number of nitrogens with zero attached hydrogens (tertiary/aromatic N) is 2. The third kappa shape index (κ3) is 3.33. The van der Waals surface area contributed by atoms with Gasteiger partial charge in [0.05, 0.1) is 17.1 Å². The molecule has 1 aromatic heterocycles. The molecule has 0 spiro atoms. The summed E-state index contributed by atoms with van der Waals surface area (Å²) < 4.78 is 5.60. The van der Waals surface area contributed by atoms with Gasteiger partial charge in [0, 0.05) is 11.6 Å². The fourth-order valence-electron chi connectivity index (χ4n) is 3.24. The predicted octanol–water partition coefficient (Wildman–Crippen LogP) is 3.96. The van der Waals surface area contributed by atoms with Crippen molar-refractivity contribution < 1.29 is 9.53 Å². The molecule has 0 bridgehead atoms. The molecule has 1 atom stereocenters. The summed E-state index contributed by atoms with van der Waals surface area (Å²) in [4.78, 5) is 22.5. The monoisotopic (exact) mass is 355 g/mol. The summed E-state index contributed by atoms with van der Waals surface area (Å²) in [5.74, 6) is 1.45. The highest BCUT2D eigenvalue weighted by atomic mass is 35.5. The fraction of sp³-hybridized carbons (Fsp3) is 0.263. The van der Waals surface area contributed by atoms with Gasteiger partial charge in [-0.15, -0.1) is 0 Å². The average molecular weight is 356 g/mol. The SMILES string of the molecule is O=C(COc1ccc(Cl)cc1)N1CCC[C@@H]1c1nc2ccccc2[nH]1. The highest BCUT2D eigenvalue weighted by Crippen LogP contribution is 2.31. The lowest BCUT2D eigenvalue weighted by atomic mass is 10.2. The number of para-hydroxylation sites is 2. The van der Waals surface area contributed by atoms with E-state index in [1.54, 1.807) is 24.3 Å². The van der Waals surface area contributed by atoms with Crippen LogP contribution in [0.3, 0.4) is 0 Å². The van der Waals surface area contributed by atoms with E-state index in [2.05, 4.69) is 9.97 Å². The molecule has 2 aromatic carbocycles. The number of amides is 1. The highest BCUT2D eigenvalue weighted by molar-refractivity contribution is 6.30. The zero-order chi connectivity index (χ0) is 17.2. The molecule has 0 aliphatic carbocycles. The van der Waals surface area contributed by atoms with Crippen molar-refractivity contribution >= 4 is 28.5 Å². The van der Waals surface area contributed by atoms with E-state index in [4.69, 9.17) is 16.3 Å². The second-order valence-electron chi connectivity index (χ2n) is 6.13. The minimum Gasteiger partial charge on any atom is -0.484 e. The van der Waals surface area contributed by atoms with E-state index in [0.717, 1.165) is 36.2 Å². The summed E-state index contributed by atoms with van der Waals surface area (Å²) in [6.45, 7) is 0.739. The van der Waals surface area contributed by atoms with Crippen molar-refractivity contribution in [1.82, 2.24) is 14.9 Å². The van der Waals surface area contributed by atoms with Gasteiger partial charge in [-0.05, 0) is 49.2 Å². The first-order valence-electron chi connectivity index (χ1n) is 8.33. The largest absolute Gasteiger partial charge is 0.484 e. The maximum absolute atomic E-state index is 12.6. The molecular weight excluding hydrogens is 338 g/mol. The van der Waals surface area contributed by atoms with Gasteiger partial charge in [0.25, 0.3) is 5.91 Å². The van der Waals surface area contributed by atoms with Crippen molar-refractivity contribution in [1.29, 1.82) is 0 Å². The normalized spacial score (nSPS) is 17.2. The van der Waals surface area contributed by atoms with Crippen LogP contribution < -0.4 is 4.74 Å². The van der Waals surface area contributed by atoms with Crippen LogP contribution in [-0.2, 0) is 4.79 Å². The van der Waals surface area contributed by atoms with Crippen LogP contribution in [0.5, 0.6) is 5.75 Å². The van der Waals surface area contributed by atoms with E-state index in [1.807, 2.05) is 29.2 Å². The Hall–Kier alpha value is -2.53. The summed E-state index contributed by atoms with van der Waals surface area (Å²) in [6.07, 6.45) is 1.88. The van der Waals surface area contributed by atoms with Crippen LogP contribution in [0.4, 0.5) is 0 Å². The van der Waals surface area contributed by atoms with Crippen molar-refractivity contribution in [2.24, 2.45) is 0 Å². The van der Waals surface area contributed by atoms with E-state index >= 15 is 0 Å². The van der Waals surface area contributed by atoms with Crippen LogP contribution in [0.2, 0.25) is 5.02 Å². The summed E-state index contributed by atoms with van der Waals surface area (Å²) in [7, 11) is 0. The molecule has 1 fully saturated rings. The van der Waals surface area contributed by atoms with Crippen LogP contribution in [0.1, 0.15) is 24.7 Å². The number of aromatic nitrogens is 2. The van der Waals surface area contributed by atoms with E-state index in [0.29, 0.717) is 10.8 Å². The zero-order valence-corrected chi connectivity index (χ0v) is 14.4. The van der Waals surface area contributed by atoms with Crippen molar-refractivity contribution in [2.45, 2.75) is 18.9 Å². The van der Waals surface area contributed by atoms with Crippen molar-refractivity contribution in [2.75, 3.05) is 13.2 Å². The molecule has 4 rings (SSSR count). The molecule has 2 heterocycles. The van der Waals surface area contributed by atoms with Crippen LogP contribution in [0, 0.1) is 0 Å². The van der Waals surface area contributed by atoms with Gasteiger partial charge in [0.1, 0.15) is 11.6 Å². The fourth-order valence-corrected chi connectivity index (χ4v) is 3.36. The van der Waals surface area contributed by atoms with Gasteiger partial charge in [0.2, 0.25) is 0 Å². The molecule has 1 aliphatic heterocycles. The Morgan fingerprint density at radius 2 is 2.04 bits per heavy atom. The van der Waals surface area contributed by atoms with Gasteiger partial charge in [-0.1, -0.05) is 23.7 Å². The Balaban J connectivity index is 1.46. The smallest absolute Gasteiger partial charge is 0.261 e. The number of rotatable bonds is 4. The molecule has 128 valence electrons. The van der Waals surface area contributed by atoms with Gasteiger partial charge >= 0.3 is 0 Å². The molecule has 0 radical (unpaired) electrons. The van der Waals surface area contributed by atoms with Gasteiger partial charge in [-0.2, -0.15) is 0 Å². The number of imidazole rings is 1. The quantitative estimate of drug-likeness (QED) is 0.770. The van der Waals surface area contributed by atoms with Gasteiger partial charge in [-0.25, -0.2) is 4.98 Å². The second-order valence-corrected chi connectivity index (χ2v) is 6.56. The Bertz CT molecular complexity index is 858. The molecule has 0 saturated carbocycles. The summed E-state index contributed by atoms with van der Waals surface area (Å²) in [5.41, 5.74) is 1.92. The molecule has 5 nitrogen and oxygen atoms in total. The standard InChI is InChI=1S/C19H18ClN3O2/c20-13-7-9-14(10-8-13)25-12-18(24)23-11-3-6-17(23)19-21-15-4-1-2-5-16(15)22-19/h1-2,4-5,7-10,17H,3,6,11-12H2,(H,21,22)/t17-/m1/s1. The third-order valence-electron chi connectivity index (χ3n) is 4.47. The van der Waals surface area contributed by atoms with E-state index < -0.39 is 0 Å². The number of H-pyrrole nitrogens is 1. The highest BCUT2D eigenvalue weighted by Gasteiger charge is 2.32. The van der Waals surface area contributed by atoms with E-state index in [1.165, 1.54) is 0 Å². The Morgan fingerprint density at radius 3 is 2.84 bits per heavy atom. The molecule has 6 heteroatoms. The van der Waals surface area contributed by atoms with Crippen LogP contribution >= 0.6 is 11.6 Å². The number of benzene rings is 2. The molecule has 25 heavy (non-hydrogen) atoms. The second kappa shape index (κ2) is 6.76. The van der Waals surface area contributed by atoms with E-state index in [9.17, 15) is 4.79 Å². The first-order chi connectivity index (χ1) is 12.2. The Kier molecular flexibility index (Phi) is 4.32. The Morgan fingerprint density at radius 1 is 1.24 bits per heavy atom. The minimum atomic E-state index is -0.0297. The lowest BCUT2D eigenvalue weighted by molar-refractivity contribution is -0.134. The number of nitrogens with one attached hydrogen (secondary N) is 1. The number of hydrogen-bond acceptors (Lipinski definition) is 3. The van der Waals surface area contributed by atoms with Crippen molar-refractivity contribution in [3.63, 3.8) is 0 Å². The number of ether oxygens (including phenoxy) is 1. The molecule has 1 N–H and O–H groups in total. The first-order valence-corrected chi connectivity index (χ1v) is 8.71. The van der Waals surface area contributed by atoms with Gasteiger partial charge in [-0.3, -0.25) is 4.79 Å². The van der Waals surface area contributed by atoms with E-state index in [-0.39, 0.29) is 18.6 Å². The van der Waals surface area contributed by atoms with Gasteiger partial charge in [0.15, 0.2) is 6.61 Å². The molecule has 0 unspecified atom stereocenters.